The van der Waals surface area contributed by atoms with Crippen LogP contribution in [0, 0.1) is 0 Å². The third kappa shape index (κ3) is 5.33. The predicted octanol–water partition coefficient (Wildman–Crippen LogP) is 4.88. The van der Waals surface area contributed by atoms with E-state index in [2.05, 4.69) is 32.2 Å². The Morgan fingerprint density at radius 2 is 1.93 bits per heavy atom. The van der Waals surface area contributed by atoms with Gasteiger partial charge in [0.15, 0.2) is 10.9 Å². The molecule has 0 atom stereocenters. The first-order chi connectivity index (χ1) is 14.8. The maximum atomic E-state index is 12.3. The maximum Gasteiger partial charge on any atom is 0.230 e. The van der Waals surface area contributed by atoms with Gasteiger partial charge in [0.1, 0.15) is 0 Å². The number of carbonyl (C=O) groups is 1. The number of nitrogens with one attached hydrogen (secondary N) is 1. The number of hydrogen-bond donors (Lipinski definition) is 1. The molecule has 0 unspecified atom stereocenters. The third-order valence-corrected chi connectivity index (χ3v) is 6.43. The van der Waals surface area contributed by atoms with Crippen molar-refractivity contribution >= 4 is 17.7 Å². The van der Waals surface area contributed by atoms with Crippen LogP contribution in [0.2, 0.25) is 0 Å². The van der Waals surface area contributed by atoms with Gasteiger partial charge in [-0.3, -0.25) is 9.36 Å². The van der Waals surface area contributed by atoms with E-state index >= 15 is 0 Å². The Balaban J connectivity index is 1.33. The van der Waals surface area contributed by atoms with E-state index in [4.69, 9.17) is 4.42 Å². The molecular weight excluding hydrogens is 396 g/mol. The second kappa shape index (κ2) is 10.5. The van der Waals surface area contributed by atoms with Crippen LogP contribution in [-0.4, -0.2) is 33.0 Å². The van der Waals surface area contributed by atoms with Gasteiger partial charge in [-0.05, 0) is 43.4 Å². The van der Waals surface area contributed by atoms with E-state index in [1.807, 2.05) is 30.3 Å². The van der Waals surface area contributed by atoms with Gasteiger partial charge in [-0.2, -0.15) is 0 Å². The first-order valence-corrected chi connectivity index (χ1v) is 11.7. The van der Waals surface area contributed by atoms with E-state index in [9.17, 15) is 4.79 Å². The highest BCUT2D eigenvalue weighted by Gasteiger charge is 2.25. The Bertz CT molecular complexity index is 918. The van der Waals surface area contributed by atoms with Crippen molar-refractivity contribution < 1.29 is 9.21 Å². The average Bonchev–Trinajstić information content (AvgIpc) is 3.46. The molecule has 158 valence electrons. The highest BCUT2D eigenvalue weighted by molar-refractivity contribution is 7.99. The minimum atomic E-state index is 0.0332. The van der Waals surface area contributed by atoms with Crippen LogP contribution in [0.15, 0.2) is 58.3 Å². The van der Waals surface area contributed by atoms with Gasteiger partial charge in [0.2, 0.25) is 11.7 Å². The fourth-order valence-electron chi connectivity index (χ4n) is 3.96. The summed E-state index contributed by atoms with van der Waals surface area (Å²) in [5.41, 5.74) is 1.30. The van der Waals surface area contributed by atoms with Crippen LogP contribution in [0.5, 0.6) is 0 Å². The van der Waals surface area contributed by atoms with E-state index in [0.29, 0.717) is 18.3 Å². The van der Waals surface area contributed by atoms with Gasteiger partial charge < -0.3 is 9.73 Å². The molecule has 1 aliphatic carbocycles. The molecule has 2 heterocycles. The summed E-state index contributed by atoms with van der Waals surface area (Å²) in [6, 6.07) is 14.5. The summed E-state index contributed by atoms with van der Waals surface area (Å²) in [5, 5.41) is 12.6. The monoisotopic (exact) mass is 424 g/mol. The van der Waals surface area contributed by atoms with Crippen LogP contribution < -0.4 is 5.32 Å². The molecule has 6 nitrogen and oxygen atoms in total. The van der Waals surface area contributed by atoms with E-state index < -0.39 is 0 Å². The number of amides is 1. The van der Waals surface area contributed by atoms with E-state index in [-0.39, 0.29) is 5.91 Å². The second-order valence-corrected chi connectivity index (χ2v) is 8.62. The molecule has 0 bridgehead atoms. The normalized spacial score (nSPS) is 14.7. The van der Waals surface area contributed by atoms with Crippen molar-refractivity contribution in [2.45, 2.75) is 56.1 Å². The van der Waals surface area contributed by atoms with Crippen LogP contribution in [0.4, 0.5) is 0 Å². The Hall–Kier alpha value is -2.54. The van der Waals surface area contributed by atoms with Gasteiger partial charge in [-0.25, -0.2) is 0 Å². The Labute approximate surface area is 181 Å². The van der Waals surface area contributed by atoms with Crippen molar-refractivity contribution in [3.8, 4) is 11.6 Å². The summed E-state index contributed by atoms with van der Waals surface area (Å²) in [5.74, 6) is 1.86. The van der Waals surface area contributed by atoms with Crippen LogP contribution in [0.1, 0.15) is 50.1 Å². The first kappa shape index (κ1) is 20.7. The van der Waals surface area contributed by atoms with Crippen molar-refractivity contribution in [3.05, 3.63) is 54.3 Å². The van der Waals surface area contributed by atoms with Gasteiger partial charge in [0, 0.05) is 12.6 Å². The lowest BCUT2D eigenvalue weighted by molar-refractivity contribution is -0.118. The van der Waals surface area contributed by atoms with Gasteiger partial charge >= 0.3 is 0 Å². The summed E-state index contributed by atoms with van der Waals surface area (Å²) in [7, 11) is 0. The highest BCUT2D eigenvalue weighted by atomic mass is 32.2. The SMILES string of the molecule is O=C(CSc1nnc(-c2ccco2)n1C1CCCCC1)NCCCc1ccccc1. The smallest absolute Gasteiger partial charge is 0.230 e. The largest absolute Gasteiger partial charge is 0.461 e. The number of aryl methyl sites for hydroxylation is 1. The Morgan fingerprint density at radius 1 is 1.10 bits per heavy atom. The molecule has 4 rings (SSSR count). The lowest BCUT2D eigenvalue weighted by atomic mass is 9.95. The van der Waals surface area contributed by atoms with Gasteiger partial charge in [0.05, 0.1) is 12.0 Å². The molecule has 0 spiro atoms. The summed E-state index contributed by atoms with van der Waals surface area (Å²) in [6.07, 6.45) is 9.50. The number of furan rings is 1. The molecule has 1 aliphatic rings. The van der Waals surface area contributed by atoms with Crippen LogP contribution in [0.25, 0.3) is 11.6 Å². The maximum absolute atomic E-state index is 12.3. The number of benzene rings is 1. The zero-order valence-corrected chi connectivity index (χ0v) is 17.9. The van der Waals surface area contributed by atoms with Crippen molar-refractivity contribution in [1.29, 1.82) is 0 Å². The second-order valence-electron chi connectivity index (χ2n) is 7.67. The standard InChI is InChI=1S/C23H28N4O2S/c28-21(24-15-7-11-18-9-3-1-4-10-18)17-30-23-26-25-22(20-14-8-16-29-20)27(23)19-12-5-2-6-13-19/h1,3-4,8-10,14,16,19H,2,5-7,11-13,15,17H2,(H,24,28). The molecule has 0 radical (unpaired) electrons. The number of carbonyl (C=O) groups excluding carboxylic acids is 1. The first-order valence-electron chi connectivity index (χ1n) is 10.7. The molecule has 1 aromatic carbocycles. The Morgan fingerprint density at radius 3 is 2.70 bits per heavy atom. The summed E-state index contributed by atoms with van der Waals surface area (Å²) >= 11 is 1.46. The predicted molar refractivity (Wildman–Crippen MR) is 118 cm³/mol. The third-order valence-electron chi connectivity index (χ3n) is 5.49. The molecular formula is C23H28N4O2S. The van der Waals surface area contributed by atoms with Gasteiger partial charge in [0.25, 0.3) is 0 Å². The Kier molecular flexibility index (Phi) is 7.24. The number of thioether (sulfide) groups is 1. The fraction of sp³-hybridized carbons (Fsp3) is 0.435. The molecule has 0 saturated heterocycles. The van der Waals surface area contributed by atoms with Gasteiger partial charge in [-0.15, -0.1) is 10.2 Å². The summed E-state index contributed by atoms with van der Waals surface area (Å²) < 4.78 is 7.77. The van der Waals surface area contributed by atoms with E-state index in [1.165, 1.54) is 36.6 Å². The van der Waals surface area contributed by atoms with Crippen LogP contribution in [0.3, 0.4) is 0 Å². The number of rotatable bonds is 9. The average molecular weight is 425 g/mol. The lowest BCUT2D eigenvalue weighted by Crippen LogP contribution is -2.26. The van der Waals surface area contributed by atoms with Crippen LogP contribution in [-0.2, 0) is 11.2 Å². The van der Waals surface area contributed by atoms with E-state index in [0.717, 1.165) is 42.4 Å². The number of aromatic nitrogens is 3. The molecule has 1 saturated carbocycles. The molecule has 1 amide bonds. The number of nitrogens with zero attached hydrogens (tertiary/aromatic N) is 3. The topological polar surface area (TPSA) is 73.0 Å². The van der Waals surface area contributed by atoms with Crippen molar-refractivity contribution in [2.24, 2.45) is 0 Å². The van der Waals surface area contributed by atoms with Gasteiger partial charge in [-0.1, -0.05) is 61.4 Å². The van der Waals surface area contributed by atoms with Crippen molar-refractivity contribution in [1.82, 2.24) is 20.1 Å². The zero-order chi connectivity index (χ0) is 20.6. The quantitative estimate of drug-likeness (QED) is 0.391. The molecule has 7 heteroatoms. The minimum absolute atomic E-state index is 0.0332. The highest BCUT2D eigenvalue weighted by Crippen LogP contribution is 2.35. The molecule has 3 aromatic rings. The summed E-state index contributed by atoms with van der Waals surface area (Å²) in [6.45, 7) is 0.682. The molecule has 30 heavy (non-hydrogen) atoms. The molecule has 1 N–H and O–H groups in total. The zero-order valence-electron chi connectivity index (χ0n) is 17.1. The van der Waals surface area contributed by atoms with Crippen LogP contribution >= 0.6 is 11.8 Å². The summed E-state index contributed by atoms with van der Waals surface area (Å²) in [4.78, 5) is 12.3. The molecule has 2 aromatic heterocycles. The van der Waals surface area contributed by atoms with E-state index in [1.54, 1.807) is 6.26 Å². The van der Waals surface area contributed by atoms with Crippen molar-refractivity contribution in [2.75, 3.05) is 12.3 Å². The lowest BCUT2D eigenvalue weighted by Gasteiger charge is -2.25. The molecule has 0 aliphatic heterocycles. The minimum Gasteiger partial charge on any atom is -0.461 e. The fourth-order valence-corrected chi connectivity index (χ4v) is 4.80. The van der Waals surface area contributed by atoms with Crippen molar-refractivity contribution in [3.63, 3.8) is 0 Å². The molecule has 1 fully saturated rings. The number of hydrogen-bond acceptors (Lipinski definition) is 5.